The molecule has 1 saturated heterocycles. The number of nitrogens with zero attached hydrogens (tertiary/aromatic N) is 2. The van der Waals surface area contributed by atoms with E-state index in [9.17, 15) is 9.59 Å². The van der Waals surface area contributed by atoms with Crippen molar-refractivity contribution >= 4 is 17.5 Å². The first-order chi connectivity index (χ1) is 12.6. The highest BCUT2D eigenvalue weighted by molar-refractivity contribution is 5.92. The Labute approximate surface area is 155 Å². The van der Waals surface area contributed by atoms with Crippen LogP contribution < -0.4 is 10.2 Å². The second-order valence-corrected chi connectivity index (χ2v) is 8.09. The van der Waals surface area contributed by atoms with Gasteiger partial charge < -0.3 is 15.1 Å². The van der Waals surface area contributed by atoms with Crippen LogP contribution >= 0.6 is 0 Å². The Morgan fingerprint density at radius 2 is 1.77 bits per heavy atom. The van der Waals surface area contributed by atoms with Gasteiger partial charge in [-0.05, 0) is 43.9 Å². The van der Waals surface area contributed by atoms with Gasteiger partial charge in [-0.3, -0.25) is 9.59 Å². The van der Waals surface area contributed by atoms with Crippen LogP contribution in [0.3, 0.4) is 0 Å². The van der Waals surface area contributed by atoms with Crippen molar-refractivity contribution in [2.75, 3.05) is 31.1 Å². The summed E-state index contributed by atoms with van der Waals surface area (Å²) in [5.41, 5.74) is 2.49. The van der Waals surface area contributed by atoms with Crippen molar-refractivity contribution in [1.82, 2.24) is 10.2 Å². The SMILES string of the molecule is Cc1cccc(N2CCN(C(=O)C3CC3C(=O)NC3CCCC3)CC2)c1. The van der Waals surface area contributed by atoms with Crippen LogP contribution in [0.15, 0.2) is 24.3 Å². The Morgan fingerprint density at radius 1 is 1.04 bits per heavy atom. The first-order valence-corrected chi connectivity index (χ1v) is 10.0. The molecule has 4 rings (SSSR count). The van der Waals surface area contributed by atoms with E-state index in [1.54, 1.807) is 0 Å². The van der Waals surface area contributed by atoms with Crippen molar-refractivity contribution in [1.29, 1.82) is 0 Å². The van der Waals surface area contributed by atoms with E-state index in [0.29, 0.717) is 6.04 Å². The molecule has 1 heterocycles. The monoisotopic (exact) mass is 355 g/mol. The summed E-state index contributed by atoms with van der Waals surface area (Å²) >= 11 is 0. The van der Waals surface area contributed by atoms with E-state index in [-0.39, 0.29) is 23.7 Å². The quantitative estimate of drug-likeness (QED) is 0.902. The van der Waals surface area contributed by atoms with Gasteiger partial charge in [0.05, 0.1) is 11.8 Å². The lowest BCUT2D eigenvalue weighted by Crippen LogP contribution is -2.49. The number of piperazine rings is 1. The molecule has 0 aromatic heterocycles. The molecule has 3 aliphatic rings. The Hall–Kier alpha value is -2.04. The first kappa shape index (κ1) is 17.4. The topological polar surface area (TPSA) is 52.7 Å². The number of carbonyl (C=O) groups is 2. The molecule has 26 heavy (non-hydrogen) atoms. The molecule has 1 aromatic rings. The van der Waals surface area contributed by atoms with Crippen LogP contribution in [-0.2, 0) is 9.59 Å². The van der Waals surface area contributed by atoms with E-state index in [1.807, 2.05) is 4.90 Å². The number of hydrogen-bond donors (Lipinski definition) is 1. The number of benzene rings is 1. The number of carbonyl (C=O) groups excluding carboxylic acids is 2. The third-order valence-electron chi connectivity index (χ3n) is 6.10. The van der Waals surface area contributed by atoms with Gasteiger partial charge in [0.25, 0.3) is 0 Å². The van der Waals surface area contributed by atoms with Crippen LogP contribution in [-0.4, -0.2) is 48.9 Å². The molecule has 1 aromatic carbocycles. The number of nitrogens with one attached hydrogen (secondary N) is 1. The summed E-state index contributed by atoms with van der Waals surface area (Å²) in [7, 11) is 0. The first-order valence-electron chi connectivity index (χ1n) is 10.0. The van der Waals surface area contributed by atoms with Crippen molar-refractivity contribution in [3.63, 3.8) is 0 Å². The maximum atomic E-state index is 12.7. The summed E-state index contributed by atoms with van der Waals surface area (Å²) in [4.78, 5) is 29.4. The molecule has 0 radical (unpaired) electrons. The number of hydrogen-bond acceptors (Lipinski definition) is 3. The third-order valence-corrected chi connectivity index (χ3v) is 6.10. The highest BCUT2D eigenvalue weighted by Gasteiger charge is 2.50. The van der Waals surface area contributed by atoms with Gasteiger partial charge in [0, 0.05) is 37.9 Å². The molecule has 2 saturated carbocycles. The molecule has 2 unspecified atom stereocenters. The Morgan fingerprint density at radius 3 is 2.46 bits per heavy atom. The summed E-state index contributed by atoms with van der Waals surface area (Å²) in [6, 6.07) is 8.86. The molecule has 0 bridgehead atoms. The van der Waals surface area contributed by atoms with Gasteiger partial charge in [-0.25, -0.2) is 0 Å². The Kier molecular flexibility index (Phi) is 4.88. The van der Waals surface area contributed by atoms with Gasteiger partial charge in [0.15, 0.2) is 0 Å². The van der Waals surface area contributed by atoms with Crippen molar-refractivity contribution in [2.45, 2.75) is 45.1 Å². The smallest absolute Gasteiger partial charge is 0.226 e. The van der Waals surface area contributed by atoms with E-state index in [4.69, 9.17) is 0 Å². The van der Waals surface area contributed by atoms with Crippen LogP contribution in [0, 0.1) is 18.8 Å². The number of anilines is 1. The lowest BCUT2D eigenvalue weighted by molar-refractivity contribution is -0.135. The molecular weight excluding hydrogens is 326 g/mol. The lowest BCUT2D eigenvalue weighted by atomic mass is 10.1. The zero-order valence-corrected chi connectivity index (χ0v) is 15.6. The fraction of sp³-hybridized carbons (Fsp3) is 0.619. The molecule has 5 heteroatoms. The highest BCUT2D eigenvalue weighted by Crippen LogP contribution is 2.40. The maximum absolute atomic E-state index is 12.7. The fourth-order valence-corrected chi connectivity index (χ4v) is 4.38. The fourth-order valence-electron chi connectivity index (χ4n) is 4.38. The van der Waals surface area contributed by atoms with E-state index in [1.165, 1.54) is 24.1 Å². The normalized spacial score (nSPS) is 26.0. The van der Waals surface area contributed by atoms with Crippen molar-refractivity contribution < 1.29 is 9.59 Å². The second kappa shape index (κ2) is 7.29. The summed E-state index contributed by atoms with van der Waals surface area (Å²) in [6.07, 6.45) is 5.35. The highest BCUT2D eigenvalue weighted by atomic mass is 16.2. The van der Waals surface area contributed by atoms with Gasteiger partial charge in [-0.2, -0.15) is 0 Å². The molecule has 5 nitrogen and oxygen atoms in total. The minimum absolute atomic E-state index is 0.0816. The second-order valence-electron chi connectivity index (χ2n) is 8.09. The minimum Gasteiger partial charge on any atom is -0.368 e. The van der Waals surface area contributed by atoms with Crippen LogP contribution in [0.2, 0.25) is 0 Å². The zero-order chi connectivity index (χ0) is 18.1. The third kappa shape index (κ3) is 3.71. The summed E-state index contributed by atoms with van der Waals surface area (Å²) in [5.74, 6) is 0.119. The maximum Gasteiger partial charge on any atom is 0.226 e. The van der Waals surface area contributed by atoms with Gasteiger partial charge in [-0.15, -0.1) is 0 Å². The van der Waals surface area contributed by atoms with Crippen LogP contribution in [0.25, 0.3) is 0 Å². The molecule has 1 N–H and O–H groups in total. The zero-order valence-electron chi connectivity index (χ0n) is 15.6. The van der Waals surface area contributed by atoms with Gasteiger partial charge >= 0.3 is 0 Å². The van der Waals surface area contributed by atoms with Crippen molar-refractivity contribution in [3.8, 4) is 0 Å². The molecular formula is C21H29N3O2. The average molecular weight is 355 g/mol. The van der Waals surface area contributed by atoms with Gasteiger partial charge in [0.2, 0.25) is 11.8 Å². The molecule has 3 fully saturated rings. The molecule has 1 aliphatic heterocycles. The summed E-state index contributed by atoms with van der Waals surface area (Å²) < 4.78 is 0. The number of aryl methyl sites for hydroxylation is 1. The van der Waals surface area contributed by atoms with Crippen molar-refractivity contribution in [3.05, 3.63) is 29.8 Å². The van der Waals surface area contributed by atoms with Crippen LogP contribution in [0.1, 0.15) is 37.7 Å². The number of rotatable bonds is 4. The molecule has 2 amide bonds. The molecule has 2 aliphatic carbocycles. The molecule has 2 atom stereocenters. The predicted octanol–water partition coefficient (Wildman–Crippen LogP) is 2.34. The van der Waals surface area contributed by atoms with Gasteiger partial charge in [-0.1, -0.05) is 25.0 Å². The van der Waals surface area contributed by atoms with E-state index in [2.05, 4.69) is 41.4 Å². The Balaban J connectivity index is 1.26. The predicted molar refractivity (Wildman–Crippen MR) is 102 cm³/mol. The Bertz CT molecular complexity index is 676. The summed E-state index contributed by atoms with van der Waals surface area (Å²) in [5, 5.41) is 3.14. The number of amides is 2. The standard InChI is InChI=1S/C21H29N3O2/c1-15-5-4-8-17(13-15)23-9-11-24(12-10-23)21(26)19-14-18(19)20(25)22-16-6-2-3-7-16/h4-5,8,13,16,18-19H,2-3,6-7,9-12,14H2,1H3,(H,22,25). The van der Waals surface area contributed by atoms with E-state index < -0.39 is 0 Å². The van der Waals surface area contributed by atoms with E-state index in [0.717, 1.165) is 45.4 Å². The minimum atomic E-state index is -0.0853. The molecule has 0 spiro atoms. The molecule has 140 valence electrons. The lowest BCUT2D eigenvalue weighted by Gasteiger charge is -2.36. The van der Waals surface area contributed by atoms with Gasteiger partial charge in [0.1, 0.15) is 0 Å². The largest absolute Gasteiger partial charge is 0.368 e. The van der Waals surface area contributed by atoms with Crippen LogP contribution in [0.5, 0.6) is 0 Å². The van der Waals surface area contributed by atoms with Crippen LogP contribution in [0.4, 0.5) is 5.69 Å². The summed E-state index contributed by atoms with van der Waals surface area (Å²) in [6.45, 7) is 5.33. The van der Waals surface area contributed by atoms with Crippen molar-refractivity contribution in [2.24, 2.45) is 11.8 Å². The average Bonchev–Trinajstić information content (AvgIpc) is 3.30. The van der Waals surface area contributed by atoms with E-state index >= 15 is 0 Å².